The van der Waals surface area contributed by atoms with E-state index in [0.717, 1.165) is 42.5 Å². The molecule has 0 amide bonds. The van der Waals surface area contributed by atoms with Crippen LogP contribution in [0.25, 0.3) is 0 Å². The Morgan fingerprint density at radius 3 is 2.63 bits per heavy atom. The zero-order valence-corrected chi connectivity index (χ0v) is 16.3. The van der Waals surface area contributed by atoms with Gasteiger partial charge in [-0.15, -0.1) is 0 Å². The maximum atomic E-state index is 12.9. The van der Waals surface area contributed by atoms with Crippen LogP contribution in [-0.2, 0) is 6.67 Å². The monoisotopic (exact) mass is 364 g/mol. The van der Waals surface area contributed by atoms with Gasteiger partial charge >= 0.3 is 0 Å². The molecule has 1 aromatic heterocycles. The molecule has 2 aliphatic rings. The average Bonchev–Trinajstić information content (AvgIpc) is 2.72. The minimum absolute atomic E-state index is 0.0695. The van der Waals surface area contributed by atoms with Crippen molar-refractivity contribution in [2.75, 3.05) is 18.1 Å². The fourth-order valence-electron chi connectivity index (χ4n) is 3.96. The summed E-state index contributed by atoms with van der Waals surface area (Å²) in [6.07, 6.45) is 8.58. The number of para-hydroxylation sites is 1. The third-order valence-electron chi connectivity index (χ3n) is 5.74. The summed E-state index contributed by atoms with van der Waals surface area (Å²) >= 11 is 0. The molecule has 5 nitrogen and oxygen atoms in total. The molecule has 1 aliphatic carbocycles. The predicted molar refractivity (Wildman–Crippen MR) is 109 cm³/mol. The molecular formula is C22H28N4O. The first-order valence-corrected chi connectivity index (χ1v) is 9.94. The molecule has 0 atom stereocenters. The fraction of sp³-hybridized carbons (Fsp3) is 0.455. The highest BCUT2D eigenvalue weighted by Gasteiger charge is 2.27. The number of benzene rings is 1. The molecule has 0 fully saturated rings. The molecule has 0 saturated heterocycles. The van der Waals surface area contributed by atoms with Crippen LogP contribution < -0.4 is 10.5 Å². The van der Waals surface area contributed by atoms with E-state index in [1.165, 1.54) is 25.7 Å². The van der Waals surface area contributed by atoms with Gasteiger partial charge in [0, 0.05) is 23.5 Å². The van der Waals surface area contributed by atoms with E-state index in [4.69, 9.17) is 4.98 Å². The molecule has 1 aliphatic heterocycles. The van der Waals surface area contributed by atoms with Crippen LogP contribution in [0.1, 0.15) is 43.4 Å². The number of aromatic nitrogens is 2. The summed E-state index contributed by atoms with van der Waals surface area (Å²) in [5, 5.41) is 0. The van der Waals surface area contributed by atoms with E-state index >= 15 is 0 Å². The molecule has 0 bridgehead atoms. The summed E-state index contributed by atoms with van der Waals surface area (Å²) < 4.78 is 1.83. The van der Waals surface area contributed by atoms with Gasteiger partial charge in [-0.3, -0.25) is 19.2 Å². The number of allylic oxidation sites excluding steroid dienone is 1. The molecule has 4 rings (SSSR count). The predicted octanol–water partition coefficient (Wildman–Crippen LogP) is 4.12. The van der Waals surface area contributed by atoms with Crippen LogP contribution in [0.5, 0.6) is 0 Å². The van der Waals surface area contributed by atoms with Gasteiger partial charge in [0.25, 0.3) is 5.56 Å². The second-order valence-electron chi connectivity index (χ2n) is 7.65. The lowest BCUT2D eigenvalue weighted by Gasteiger charge is -2.38. The highest BCUT2D eigenvalue weighted by Crippen LogP contribution is 2.28. The van der Waals surface area contributed by atoms with Crippen molar-refractivity contribution in [3.05, 3.63) is 63.6 Å². The van der Waals surface area contributed by atoms with Gasteiger partial charge in [-0.1, -0.05) is 29.8 Å². The van der Waals surface area contributed by atoms with E-state index in [1.807, 2.05) is 36.6 Å². The van der Waals surface area contributed by atoms with Crippen LogP contribution in [0.3, 0.4) is 0 Å². The van der Waals surface area contributed by atoms with E-state index < -0.39 is 0 Å². The zero-order chi connectivity index (χ0) is 18.8. The second-order valence-corrected chi connectivity index (χ2v) is 7.65. The third-order valence-corrected chi connectivity index (χ3v) is 5.74. The van der Waals surface area contributed by atoms with Crippen LogP contribution in [0.4, 0.5) is 11.6 Å². The van der Waals surface area contributed by atoms with E-state index in [2.05, 4.69) is 28.0 Å². The number of hydrogen-bond donors (Lipinski definition) is 0. The van der Waals surface area contributed by atoms with E-state index in [9.17, 15) is 4.79 Å². The largest absolute Gasteiger partial charge is 0.298 e. The van der Waals surface area contributed by atoms with Gasteiger partial charge in [-0.2, -0.15) is 0 Å². The summed E-state index contributed by atoms with van der Waals surface area (Å²) in [7, 11) is 0. The molecule has 2 aromatic rings. The summed E-state index contributed by atoms with van der Waals surface area (Å²) in [5.41, 5.74) is 4.27. The topological polar surface area (TPSA) is 41.4 Å². The molecule has 0 spiro atoms. The number of anilines is 2. The third kappa shape index (κ3) is 3.69. The Morgan fingerprint density at radius 2 is 1.89 bits per heavy atom. The molecule has 0 saturated carbocycles. The van der Waals surface area contributed by atoms with Crippen molar-refractivity contribution >= 4 is 11.6 Å². The first-order chi connectivity index (χ1) is 13.1. The molecule has 0 radical (unpaired) electrons. The smallest absolute Gasteiger partial charge is 0.259 e. The van der Waals surface area contributed by atoms with Gasteiger partial charge in [-0.05, 0) is 58.1 Å². The zero-order valence-electron chi connectivity index (χ0n) is 16.3. The Bertz CT molecular complexity index is 901. The van der Waals surface area contributed by atoms with Crippen molar-refractivity contribution in [1.29, 1.82) is 0 Å². The highest BCUT2D eigenvalue weighted by molar-refractivity contribution is 5.58. The molecule has 2 heterocycles. The van der Waals surface area contributed by atoms with Gasteiger partial charge in [-0.25, -0.2) is 4.98 Å². The molecular weight excluding hydrogens is 336 g/mol. The van der Waals surface area contributed by atoms with Gasteiger partial charge in [0.15, 0.2) is 0 Å². The first-order valence-electron chi connectivity index (χ1n) is 9.94. The molecule has 27 heavy (non-hydrogen) atoms. The Hall–Kier alpha value is -2.40. The number of aryl methyl sites for hydroxylation is 1. The molecule has 5 heteroatoms. The maximum Gasteiger partial charge on any atom is 0.259 e. The van der Waals surface area contributed by atoms with Crippen molar-refractivity contribution in [2.45, 2.75) is 52.6 Å². The normalized spacial score (nSPS) is 17.6. The Labute approximate surface area is 160 Å². The van der Waals surface area contributed by atoms with Gasteiger partial charge < -0.3 is 0 Å². The lowest BCUT2D eigenvalue weighted by Crippen LogP contribution is -2.48. The quantitative estimate of drug-likeness (QED) is 0.765. The van der Waals surface area contributed by atoms with Crippen LogP contribution in [0, 0.1) is 13.8 Å². The van der Waals surface area contributed by atoms with Gasteiger partial charge in [0.1, 0.15) is 0 Å². The summed E-state index contributed by atoms with van der Waals surface area (Å²) in [4.78, 5) is 22.2. The van der Waals surface area contributed by atoms with Crippen LogP contribution in [-0.4, -0.2) is 27.7 Å². The van der Waals surface area contributed by atoms with Crippen molar-refractivity contribution in [2.24, 2.45) is 0 Å². The van der Waals surface area contributed by atoms with E-state index in [1.54, 1.807) is 5.57 Å². The van der Waals surface area contributed by atoms with E-state index in [-0.39, 0.29) is 5.56 Å². The lowest BCUT2D eigenvalue weighted by molar-refractivity contribution is 0.199. The Morgan fingerprint density at radius 1 is 1.07 bits per heavy atom. The SMILES string of the molecule is Cc1nc2n(c(=O)c1C)CN(CCC1=CCCCC1)CN2c1ccccc1. The van der Waals surface area contributed by atoms with Crippen molar-refractivity contribution in [3.63, 3.8) is 0 Å². The number of rotatable bonds is 4. The van der Waals surface area contributed by atoms with Crippen LogP contribution in [0.15, 0.2) is 46.8 Å². The first kappa shape index (κ1) is 18.0. The lowest BCUT2D eigenvalue weighted by atomic mass is 9.97. The van der Waals surface area contributed by atoms with Crippen molar-refractivity contribution in [1.82, 2.24) is 14.5 Å². The average molecular weight is 364 g/mol. The minimum atomic E-state index is 0.0695. The number of hydrogen-bond acceptors (Lipinski definition) is 4. The van der Waals surface area contributed by atoms with Gasteiger partial charge in [0.2, 0.25) is 5.95 Å². The van der Waals surface area contributed by atoms with Crippen LogP contribution in [0.2, 0.25) is 0 Å². The second kappa shape index (κ2) is 7.69. The minimum Gasteiger partial charge on any atom is -0.298 e. The summed E-state index contributed by atoms with van der Waals surface area (Å²) in [6, 6.07) is 10.2. The Balaban J connectivity index is 1.65. The van der Waals surface area contributed by atoms with Crippen molar-refractivity contribution < 1.29 is 0 Å². The maximum absolute atomic E-state index is 12.9. The molecule has 142 valence electrons. The molecule has 0 N–H and O–H groups in total. The van der Waals surface area contributed by atoms with Gasteiger partial charge in [0.05, 0.1) is 13.3 Å². The standard InChI is InChI=1S/C22H28N4O/c1-17-18(2)23-22-25(20-11-7-4-8-12-20)15-24(16-26(22)21(17)27)14-13-19-9-5-3-6-10-19/h4,7-9,11-12H,3,5-6,10,13-16H2,1-2H3. The fourth-order valence-corrected chi connectivity index (χ4v) is 3.96. The molecule has 1 aromatic carbocycles. The Kier molecular flexibility index (Phi) is 5.12. The van der Waals surface area contributed by atoms with Crippen LogP contribution >= 0.6 is 0 Å². The summed E-state index contributed by atoms with van der Waals surface area (Å²) in [6.45, 7) is 6.12. The number of nitrogens with zero attached hydrogens (tertiary/aromatic N) is 4. The molecule has 0 unspecified atom stereocenters. The van der Waals surface area contributed by atoms with E-state index in [0.29, 0.717) is 6.67 Å². The van der Waals surface area contributed by atoms with Crippen molar-refractivity contribution in [3.8, 4) is 0 Å². The summed E-state index contributed by atoms with van der Waals surface area (Å²) in [5.74, 6) is 0.752. The number of fused-ring (bicyclic) bond motifs is 1. The highest BCUT2D eigenvalue weighted by atomic mass is 16.1.